The lowest BCUT2D eigenvalue weighted by atomic mass is 9.87. The number of hydrogen-bond acceptors (Lipinski definition) is 3. The van der Waals surface area contributed by atoms with Crippen molar-refractivity contribution < 1.29 is 14.7 Å². The lowest BCUT2D eigenvalue weighted by Gasteiger charge is -2.17. The van der Waals surface area contributed by atoms with Gasteiger partial charge in [0.1, 0.15) is 5.82 Å². The number of carbonyl (C=O) groups excluding carboxylic acids is 1. The number of aromatic nitrogens is 2. The summed E-state index contributed by atoms with van der Waals surface area (Å²) < 4.78 is 0. The minimum absolute atomic E-state index is 0.0379. The Kier molecular flexibility index (Phi) is 8.23. The first-order valence-electron chi connectivity index (χ1n) is 13.3. The maximum absolute atomic E-state index is 13.4. The zero-order chi connectivity index (χ0) is 28.1. The van der Waals surface area contributed by atoms with Gasteiger partial charge in [-0.2, -0.15) is 0 Å². The van der Waals surface area contributed by atoms with Gasteiger partial charge in [-0.15, -0.1) is 0 Å². The standard InChI is InChI=1S/C34H29ClN2O3/c1-2-9-24(22-10-5-3-6-11-22)19-32(38)25-14-16-27(30(18-25)34(39)40)29-20-26(35)15-17-28(29)33-36-21-31(37-33)23-12-7-4-8-13-23/h3-8,10-18,20-21,24H,2,9,19H2,1H3,(H,36,37)(H,39,40)/t24-/m0/s1. The van der Waals surface area contributed by atoms with Crippen molar-refractivity contribution in [2.75, 3.05) is 0 Å². The minimum atomic E-state index is -1.12. The molecule has 0 bridgehead atoms. The third-order valence-corrected chi connectivity index (χ3v) is 7.33. The summed E-state index contributed by atoms with van der Waals surface area (Å²) in [6.07, 6.45) is 3.89. The van der Waals surface area contributed by atoms with Crippen LogP contribution in [0.2, 0.25) is 5.02 Å². The van der Waals surface area contributed by atoms with Crippen molar-refractivity contribution in [1.82, 2.24) is 9.97 Å². The average Bonchev–Trinajstić information content (AvgIpc) is 3.47. The molecule has 5 rings (SSSR count). The second kappa shape index (κ2) is 12.1. The van der Waals surface area contributed by atoms with Crippen LogP contribution in [0.25, 0.3) is 33.8 Å². The van der Waals surface area contributed by atoms with E-state index in [2.05, 4.69) is 16.9 Å². The number of rotatable bonds is 10. The molecule has 0 saturated carbocycles. The smallest absolute Gasteiger partial charge is 0.336 e. The zero-order valence-corrected chi connectivity index (χ0v) is 22.9. The number of carboxylic acid groups (broad SMARTS) is 1. The van der Waals surface area contributed by atoms with E-state index >= 15 is 0 Å². The van der Waals surface area contributed by atoms with Gasteiger partial charge < -0.3 is 10.1 Å². The van der Waals surface area contributed by atoms with E-state index in [4.69, 9.17) is 11.6 Å². The van der Waals surface area contributed by atoms with Crippen molar-refractivity contribution in [2.45, 2.75) is 32.1 Å². The van der Waals surface area contributed by atoms with E-state index < -0.39 is 5.97 Å². The summed E-state index contributed by atoms with van der Waals surface area (Å²) in [4.78, 5) is 33.8. The monoisotopic (exact) mass is 548 g/mol. The first-order valence-corrected chi connectivity index (χ1v) is 13.7. The van der Waals surface area contributed by atoms with Gasteiger partial charge in [-0.05, 0) is 58.9 Å². The number of imidazole rings is 1. The van der Waals surface area contributed by atoms with E-state index in [9.17, 15) is 14.7 Å². The van der Waals surface area contributed by atoms with Crippen LogP contribution in [0.15, 0.2) is 103 Å². The number of nitrogens with zero attached hydrogens (tertiary/aromatic N) is 1. The fourth-order valence-corrected chi connectivity index (χ4v) is 5.27. The van der Waals surface area contributed by atoms with Crippen LogP contribution in [-0.2, 0) is 0 Å². The number of carboxylic acids is 1. The Labute approximate surface area is 238 Å². The molecule has 4 aromatic carbocycles. The fraction of sp³-hybridized carbons (Fsp3) is 0.147. The Bertz CT molecular complexity index is 1640. The maximum Gasteiger partial charge on any atom is 0.336 e. The van der Waals surface area contributed by atoms with Crippen LogP contribution >= 0.6 is 11.6 Å². The maximum atomic E-state index is 13.4. The highest BCUT2D eigenvalue weighted by atomic mass is 35.5. The van der Waals surface area contributed by atoms with Gasteiger partial charge in [-0.25, -0.2) is 9.78 Å². The molecule has 1 atom stereocenters. The number of halogens is 1. The van der Waals surface area contributed by atoms with E-state index in [1.807, 2.05) is 66.7 Å². The highest BCUT2D eigenvalue weighted by Crippen LogP contribution is 2.37. The van der Waals surface area contributed by atoms with Crippen molar-refractivity contribution >= 4 is 23.4 Å². The summed E-state index contributed by atoms with van der Waals surface area (Å²) in [7, 11) is 0. The number of hydrogen-bond donors (Lipinski definition) is 2. The molecule has 1 heterocycles. The van der Waals surface area contributed by atoms with Crippen LogP contribution in [-0.4, -0.2) is 26.8 Å². The highest BCUT2D eigenvalue weighted by molar-refractivity contribution is 6.31. The van der Waals surface area contributed by atoms with E-state index in [0.29, 0.717) is 39.5 Å². The van der Waals surface area contributed by atoms with E-state index in [1.165, 1.54) is 6.07 Å². The van der Waals surface area contributed by atoms with Gasteiger partial charge >= 0.3 is 5.97 Å². The molecule has 2 N–H and O–H groups in total. The number of Topliss-reactive ketones (excluding diaryl/α,β-unsaturated/α-hetero) is 1. The van der Waals surface area contributed by atoms with Gasteiger partial charge in [0.15, 0.2) is 5.78 Å². The van der Waals surface area contributed by atoms with Crippen LogP contribution in [0.5, 0.6) is 0 Å². The largest absolute Gasteiger partial charge is 0.478 e. The third-order valence-electron chi connectivity index (χ3n) is 7.10. The Morgan fingerprint density at radius 1 is 0.875 bits per heavy atom. The van der Waals surface area contributed by atoms with Gasteiger partial charge in [0, 0.05) is 22.6 Å². The van der Waals surface area contributed by atoms with E-state index in [0.717, 1.165) is 29.7 Å². The molecular formula is C34H29ClN2O3. The molecule has 0 aliphatic rings. The predicted molar refractivity (Wildman–Crippen MR) is 160 cm³/mol. The molecule has 6 heteroatoms. The molecule has 0 spiro atoms. The fourth-order valence-electron chi connectivity index (χ4n) is 5.10. The van der Waals surface area contributed by atoms with Gasteiger partial charge in [0.05, 0.1) is 17.5 Å². The number of ketones is 1. The summed E-state index contributed by atoms with van der Waals surface area (Å²) in [5.41, 5.74) is 5.16. The van der Waals surface area contributed by atoms with Crippen molar-refractivity contribution in [1.29, 1.82) is 0 Å². The molecule has 200 valence electrons. The van der Waals surface area contributed by atoms with Crippen LogP contribution in [0.1, 0.15) is 58.4 Å². The molecule has 0 amide bonds. The van der Waals surface area contributed by atoms with Crippen LogP contribution in [0.3, 0.4) is 0 Å². The van der Waals surface area contributed by atoms with Gasteiger partial charge in [0.2, 0.25) is 0 Å². The van der Waals surface area contributed by atoms with Crippen LogP contribution < -0.4 is 0 Å². The summed E-state index contributed by atoms with van der Waals surface area (Å²) >= 11 is 6.38. The summed E-state index contributed by atoms with van der Waals surface area (Å²) in [6, 6.07) is 30.0. The molecule has 5 aromatic rings. The summed E-state index contributed by atoms with van der Waals surface area (Å²) in [5, 5.41) is 10.7. The van der Waals surface area contributed by atoms with Crippen molar-refractivity contribution in [2.24, 2.45) is 0 Å². The number of nitrogens with one attached hydrogen (secondary N) is 1. The molecule has 0 unspecified atom stereocenters. The summed E-state index contributed by atoms with van der Waals surface area (Å²) in [6.45, 7) is 2.10. The third kappa shape index (κ3) is 5.90. The minimum Gasteiger partial charge on any atom is -0.478 e. The van der Waals surface area contributed by atoms with Gasteiger partial charge in [-0.3, -0.25) is 4.79 Å². The Morgan fingerprint density at radius 2 is 1.57 bits per heavy atom. The lowest BCUT2D eigenvalue weighted by Crippen LogP contribution is -2.10. The molecule has 5 nitrogen and oxygen atoms in total. The quantitative estimate of drug-likeness (QED) is 0.171. The van der Waals surface area contributed by atoms with Crippen LogP contribution in [0.4, 0.5) is 0 Å². The van der Waals surface area contributed by atoms with Crippen molar-refractivity contribution in [3.63, 3.8) is 0 Å². The second-order valence-corrected chi connectivity index (χ2v) is 10.2. The Balaban J connectivity index is 1.51. The predicted octanol–water partition coefficient (Wildman–Crippen LogP) is 8.92. The van der Waals surface area contributed by atoms with Gasteiger partial charge in [-0.1, -0.05) is 97.7 Å². The molecule has 40 heavy (non-hydrogen) atoms. The highest BCUT2D eigenvalue weighted by Gasteiger charge is 2.22. The van der Waals surface area contributed by atoms with Crippen molar-refractivity contribution in [3.05, 3.63) is 125 Å². The van der Waals surface area contributed by atoms with Crippen molar-refractivity contribution in [3.8, 4) is 33.8 Å². The first kappa shape index (κ1) is 27.1. The van der Waals surface area contributed by atoms with E-state index in [1.54, 1.807) is 30.5 Å². The number of H-pyrrole nitrogens is 1. The number of aromatic carboxylic acids is 1. The summed E-state index contributed by atoms with van der Waals surface area (Å²) in [5.74, 6) is -0.536. The number of aromatic amines is 1. The molecule has 0 fully saturated rings. The Hall–Kier alpha value is -4.48. The average molecular weight is 549 g/mol. The molecule has 0 aliphatic heterocycles. The molecule has 0 aliphatic carbocycles. The molecular weight excluding hydrogens is 520 g/mol. The number of carbonyl (C=O) groups is 2. The molecule has 1 aromatic heterocycles. The number of benzene rings is 4. The molecule has 0 radical (unpaired) electrons. The van der Waals surface area contributed by atoms with E-state index in [-0.39, 0.29) is 17.3 Å². The molecule has 0 saturated heterocycles. The second-order valence-electron chi connectivity index (χ2n) is 9.79. The Morgan fingerprint density at radius 3 is 2.27 bits per heavy atom. The van der Waals surface area contributed by atoms with Crippen LogP contribution in [0, 0.1) is 0 Å². The lowest BCUT2D eigenvalue weighted by molar-refractivity contribution is 0.0697. The normalized spacial score (nSPS) is 11.8. The SMILES string of the molecule is CCC[C@@H](CC(=O)c1ccc(-c2cc(Cl)ccc2-c2ncc(-c3ccccc3)[nH]2)c(C(=O)O)c1)c1ccccc1. The topological polar surface area (TPSA) is 83.0 Å². The first-order chi connectivity index (χ1) is 19.4. The van der Waals surface area contributed by atoms with Gasteiger partial charge in [0.25, 0.3) is 0 Å². The zero-order valence-electron chi connectivity index (χ0n) is 22.1.